The third-order valence-corrected chi connectivity index (χ3v) is 4.95. The van der Waals surface area contributed by atoms with Crippen LogP contribution in [0, 0.1) is 5.92 Å². The summed E-state index contributed by atoms with van der Waals surface area (Å²) >= 11 is 0. The summed E-state index contributed by atoms with van der Waals surface area (Å²) in [7, 11) is -2.73. The SMILES string of the molecule is CC(C)C(=O)n1cc(C(C)N[SH](=O)=O)c2ccc(-c3ccncc3)cc21. The highest BCUT2D eigenvalue weighted by Gasteiger charge is 2.20. The Morgan fingerprint density at radius 3 is 2.38 bits per heavy atom. The van der Waals surface area contributed by atoms with Crippen LogP contribution >= 0.6 is 0 Å². The van der Waals surface area contributed by atoms with E-state index >= 15 is 0 Å². The van der Waals surface area contributed by atoms with E-state index < -0.39 is 16.9 Å². The van der Waals surface area contributed by atoms with Crippen LogP contribution in [-0.4, -0.2) is 23.9 Å². The van der Waals surface area contributed by atoms with Crippen molar-refractivity contribution in [2.75, 3.05) is 0 Å². The molecular weight excluding hydrogens is 350 g/mol. The summed E-state index contributed by atoms with van der Waals surface area (Å²) in [6.45, 7) is 5.45. The smallest absolute Gasteiger partial charge is 0.233 e. The van der Waals surface area contributed by atoms with Gasteiger partial charge in [0.1, 0.15) is 0 Å². The normalized spacial score (nSPS) is 12.8. The summed E-state index contributed by atoms with van der Waals surface area (Å²) < 4.78 is 26.2. The maximum Gasteiger partial charge on any atom is 0.233 e. The van der Waals surface area contributed by atoms with Crippen LogP contribution in [0.1, 0.15) is 37.2 Å². The van der Waals surface area contributed by atoms with Gasteiger partial charge in [0.25, 0.3) is 0 Å². The molecule has 0 aliphatic heterocycles. The molecule has 0 saturated carbocycles. The Labute approximate surface area is 154 Å². The Morgan fingerprint density at radius 1 is 1.08 bits per heavy atom. The van der Waals surface area contributed by atoms with Crippen molar-refractivity contribution in [2.24, 2.45) is 5.92 Å². The zero-order valence-electron chi connectivity index (χ0n) is 14.8. The fourth-order valence-electron chi connectivity index (χ4n) is 3.01. The molecule has 0 amide bonds. The number of benzene rings is 1. The minimum Gasteiger partial charge on any atom is -0.287 e. The molecule has 0 aliphatic carbocycles. The summed E-state index contributed by atoms with van der Waals surface area (Å²) in [4.78, 5) is 16.7. The van der Waals surface area contributed by atoms with Crippen molar-refractivity contribution in [3.63, 3.8) is 0 Å². The number of nitrogens with one attached hydrogen (secondary N) is 1. The summed E-state index contributed by atoms with van der Waals surface area (Å²) in [5.41, 5.74) is 3.51. The number of aromatic nitrogens is 2. The van der Waals surface area contributed by atoms with Gasteiger partial charge in [-0.3, -0.25) is 14.3 Å². The number of carbonyl (C=O) groups excluding carboxylic acids is 1. The van der Waals surface area contributed by atoms with Gasteiger partial charge in [-0.2, -0.15) is 0 Å². The van der Waals surface area contributed by atoms with Crippen LogP contribution in [0.15, 0.2) is 48.9 Å². The fraction of sp³-hybridized carbons (Fsp3) is 0.263. The Kier molecular flexibility index (Phi) is 5.20. The number of rotatable bonds is 5. The molecule has 0 saturated heterocycles. The van der Waals surface area contributed by atoms with Crippen LogP contribution in [0.5, 0.6) is 0 Å². The van der Waals surface area contributed by atoms with E-state index in [1.54, 1.807) is 30.1 Å². The lowest BCUT2D eigenvalue weighted by atomic mass is 10.0. The van der Waals surface area contributed by atoms with Crippen LogP contribution in [-0.2, 0) is 10.9 Å². The van der Waals surface area contributed by atoms with Crippen molar-refractivity contribution >= 4 is 27.7 Å². The average molecular weight is 371 g/mol. The van der Waals surface area contributed by atoms with Crippen LogP contribution in [0.4, 0.5) is 0 Å². The molecule has 1 atom stereocenters. The molecule has 3 aromatic rings. The summed E-state index contributed by atoms with van der Waals surface area (Å²) in [5.74, 6) is -0.214. The largest absolute Gasteiger partial charge is 0.287 e. The van der Waals surface area contributed by atoms with E-state index in [1.165, 1.54) is 0 Å². The minimum atomic E-state index is -2.73. The van der Waals surface area contributed by atoms with Crippen LogP contribution < -0.4 is 4.72 Å². The monoisotopic (exact) mass is 371 g/mol. The Hall–Kier alpha value is -2.51. The fourth-order valence-corrected chi connectivity index (χ4v) is 3.47. The van der Waals surface area contributed by atoms with Gasteiger partial charge in [0.2, 0.25) is 16.8 Å². The first kappa shape index (κ1) is 18.3. The molecule has 0 aliphatic rings. The van der Waals surface area contributed by atoms with Gasteiger partial charge in [0, 0.05) is 35.9 Å². The van der Waals surface area contributed by atoms with Crippen molar-refractivity contribution in [3.05, 3.63) is 54.5 Å². The predicted octanol–water partition coefficient (Wildman–Crippen LogP) is 3.18. The van der Waals surface area contributed by atoms with E-state index in [2.05, 4.69) is 9.71 Å². The number of thiol groups is 1. The zero-order valence-corrected chi connectivity index (χ0v) is 15.7. The lowest BCUT2D eigenvalue weighted by molar-refractivity contribution is 0.0860. The first-order valence-electron chi connectivity index (χ1n) is 8.38. The molecule has 0 radical (unpaired) electrons. The maximum absolute atomic E-state index is 12.7. The molecule has 2 heterocycles. The quantitative estimate of drug-likeness (QED) is 0.675. The molecule has 0 fully saturated rings. The molecule has 0 bridgehead atoms. The number of hydrogen-bond acceptors (Lipinski definition) is 4. The predicted molar refractivity (Wildman–Crippen MR) is 102 cm³/mol. The van der Waals surface area contributed by atoms with E-state index in [1.807, 2.05) is 44.2 Å². The van der Waals surface area contributed by atoms with Crippen molar-refractivity contribution in [3.8, 4) is 11.1 Å². The molecule has 7 heteroatoms. The number of fused-ring (bicyclic) bond motifs is 1. The first-order valence-corrected chi connectivity index (χ1v) is 9.56. The standard InChI is InChI=1S/C19H21N3O3S/c1-12(2)19(23)22-11-17(13(3)21-26(24)25)16-5-4-15(10-18(16)22)14-6-8-20-9-7-14/h4-13,26H,1-3H3,(H,21,24,25). The van der Waals surface area contributed by atoms with Crippen molar-refractivity contribution in [1.29, 1.82) is 0 Å². The molecule has 2 aromatic heterocycles. The first-order chi connectivity index (χ1) is 12.4. The Bertz CT molecular complexity index is 1020. The molecule has 1 aromatic carbocycles. The second-order valence-corrected chi connectivity index (χ2v) is 7.30. The number of nitrogens with zero attached hydrogens (tertiary/aromatic N) is 2. The van der Waals surface area contributed by atoms with Gasteiger partial charge >= 0.3 is 0 Å². The Morgan fingerprint density at radius 2 is 1.77 bits per heavy atom. The molecule has 1 unspecified atom stereocenters. The zero-order chi connectivity index (χ0) is 18.8. The lowest BCUT2D eigenvalue weighted by Crippen LogP contribution is -2.17. The summed E-state index contributed by atoms with van der Waals surface area (Å²) in [6, 6.07) is 9.25. The van der Waals surface area contributed by atoms with Gasteiger partial charge in [-0.15, -0.1) is 0 Å². The van der Waals surface area contributed by atoms with Gasteiger partial charge in [0.15, 0.2) is 0 Å². The second-order valence-electron chi connectivity index (χ2n) is 6.52. The highest BCUT2D eigenvalue weighted by atomic mass is 32.2. The molecular formula is C19H21N3O3S. The minimum absolute atomic E-state index is 0.0353. The number of pyridine rings is 1. The molecule has 6 nitrogen and oxygen atoms in total. The van der Waals surface area contributed by atoms with Crippen LogP contribution in [0.2, 0.25) is 0 Å². The van der Waals surface area contributed by atoms with Crippen molar-refractivity contribution in [2.45, 2.75) is 26.8 Å². The highest BCUT2D eigenvalue weighted by molar-refractivity contribution is 7.70. The van der Waals surface area contributed by atoms with Gasteiger partial charge in [-0.1, -0.05) is 26.0 Å². The maximum atomic E-state index is 12.7. The third-order valence-electron chi connectivity index (χ3n) is 4.35. The molecule has 0 spiro atoms. The average Bonchev–Trinajstić information content (AvgIpc) is 3.00. The third kappa shape index (κ3) is 3.54. The van der Waals surface area contributed by atoms with Gasteiger partial charge in [-0.25, -0.2) is 13.1 Å². The van der Waals surface area contributed by atoms with E-state index in [4.69, 9.17) is 0 Å². The molecule has 1 N–H and O–H groups in total. The van der Waals surface area contributed by atoms with E-state index in [0.29, 0.717) is 0 Å². The van der Waals surface area contributed by atoms with Crippen LogP contribution in [0.3, 0.4) is 0 Å². The van der Waals surface area contributed by atoms with Crippen LogP contribution in [0.25, 0.3) is 22.0 Å². The molecule has 3 rings (SSSR count). The topological polar surface area (TPSA) is 81.1 Å². The lowest BCUT2D eigenvalue weighted by Gasteiger charge is -2.08. The number of carbonyl (C=O) groups is 1. The summed E-state index contributed by atoms with van der Waals surface area (Å²) in [6.07, 6.45) is 5.18. The van der Waals surface area contributed by atoms with Gasteiger partial charge in [0.05, 0.1) is 5.52 Å². The second kappa shape index (κ2) is 7.39. The van der Waals surface area contributed by atoms with Gasteiger partial charge in [-0.05, 0) is 41.8 Å². The van der Waals surface area contributed by atoms with Gasteiger partial charge < -0.3 is 0 Å². The number of hydrogen-bond donors (Lipinski definition) is 2. The van der Waals surface area contributed by atoms with E-state index in [0.717, 1.165) is 27.6 Å². The van der Waals surface area contributed by atoms with Crippen molar-refractivity contribution in [1.82, 2.24) is 14.3 Å². The van der Waals surface area contributed by atoms with E-state index in [-0.39, 0.29) is 11.8 Å². The highest BCUT2D eigenvalue weighted by Crippen LogP contribution is 2.31. The molecule has 136 valence electrons. The Balaban J connectivity index is 2.20. The molecule has 26 heavy (non-hydrogen) atoms. The van der Waals surface area contributed by atoms with Crippen molar-refractivity contribution < 1.29 is 13.2 Å². The summed E-state index contributed by atoms with van der Waals surface area (Å²) in [5, 5.41) is 0.855. The van der Waals surface area contributed by atoms with E-state index in [9.17, 15) is 13.2 Å².